The highest BCUT2D eigenvalue weighted by Gasteiger charge is 2.09. The van der Waals surface area contributed by atoms with Crippen molar-refractivity contribution in [3.8, 4) is 11.5 Å². The summed E-state index contributed by atoms with van der Waals surface area (Å²) >= 11 is 5.88. The first kappa shape index (κ1) is 15.9. The first-order valence-corrected chi connectivity index (χ1v) is 7.69. The van der Waals surface area contributed by atoms with Gasteiger partial charge in [0.05, 0.1) is 5.69 Å². The van der Waals surface area contributed by atoms with Crippen LogP contribution in [0.25, 0.3) is 0 Å². The van der Waals surface area contributed by atoms with E-state index in [-0.39, 0.29) is 5.91 Å². The summed E-state index contributed by atoms with van der Waals surface area (Å²) in [6, 6.07) is 21.1. The van der Waals surface area contributed by atoms with Gasteiger partial charge in [0, 0.05) is 16.3 Å². The lowest BCUT2D eigenvalue weighted by molar-refractivity contribution is 0.102. The minimum atomic E-state index is -0.212. The summed E-state index contributed by atoms with van der Waals surface area (Å²) in [5.41, 5.74) is 7.53. The predicted octanol–water partition coefficient (Wildman–Crippen LogP) is 4.97. The van der Waals surface area contributed by atoms with Crippen LogP contribution in [-0.2, 0) is 0 Å². The number of halogens is 1. The molecule has 3 rings (SSSR count). The van der Waals surface area contributed by atoms with E-state index in [1.807, 2.05) is 30.3 Å². The largest absolute Gasteiger partial charge is 0.455 e. The smallest absolute Gasteiger partial charge is 0.255 e. The van der Waals surface area contributed by atoms with Crippen molar-refractivity contribution < 1.29 is 9.53 Å². The van der Waals surface area contributed by atoms with Crippen LogP contribution in [0.2, 0.25) is 5.02 Å². The summed E-state index contributed by atoms with van der Waals surface area (Å²) in [7, 11) is 0. The van der Waals surface area contributed by atoms with Crippen molar-refractivity contribution >= 4 is 28.9 Å². The SMILES string of the molecule is Nc1cc(Cl)ccc1Oc1cccc(C(=O)Nc2ccccc2)c1. The number of hydrogen-bond acceptors (Lipinski definition) is 3. The number of benzene rings is 3. The van der Waals surface area contributed by atoms with Crippen molar-refractivity contribution in [3.63, 3.8) is 0 Å². The van der Waals surface area contributed by atoms with Crippen molar-refractivity contribution in [1.82, 2.24) is 0 Å². The quantitative estimate of drug-likeness (QED) is 0.660. The number of nitrogen functional groups attached to an aromatic ring is 1. The molecule has 24 heavy (non-hydrogen) atoms. The van der Waals surface area contributed by atoms with Gasteiger partial charge in [-0.15, -0.1) is 0 Å². The van der Waals surface area contributed by atoms with Gasteiger partial charge in [-0.1, -0.05) is 35.9 Å². The average Bonchev–Trinajstić information content (AvgIpc) is 2.59. The minimum absolute atomic E-state index is 0.212. The van der Waals surface area contributed by atoms with Gasteiger partial charge in [-0.25, -0.2) is 0 Å². The zero-order valence-corrected chi connectivity index (χ0v) is 13.5. The van der Waals surface area contributed by atoms with Gasteiger partial charge in [-0.05, 0) is 48.5 Å². The Balaban J connectivity index is 1.77. The van der Waals surface area contributed by atoms with Crippen LogP contribution in [0, 0.1) is 0 Å². The van der Waals surface area contributed by atoms with Crippen molar-refractivity contribution in [2.75, 3.05) is 11.1 Å². The summed E-state index contributed by atoms with van der Waals surface area (Å²) in [5, 5.41) is 3.37. The Morgan fingerprint density at radius 1 is 0.958 bits per heavy atom. The van der Waals surface area contributed by atoms with E-state index in [0.29, 0.717) is 27.8 Å². The highest BCUT2D eigenvalue weighted by molar-refractivity contribution is 6.30. The Kier molecular flexibility index (Phi) is 4.68. The van der Waals surface area contributed by atoms with E-state index in [9.17, 15) is 4.79 Å². The average molecular weight is 339 g/mol. The van der Waals surface area contributed by atoms with Gasteiger partial charge in [0.1, 0.15) is 11.5 Å². The molecule has 0 spiro atoms. The molecule has 0 radical (unpaired) electrons. The summed E-state index contributed by atoms with van der Waals surface area (Å²) in [4.78, 5) is 12.3. The fourth-order valence-electron chi connectivity index (χ4n) is 2.16. The number of amides is 1. The lowest BCUT2D eigenvalue weighted by Gasteiger charge is -2.10. The number of nitrogens with one attached hydrogen (secondary N) is 1. The maximum absolute atomic E-state index is 12.3. The topological polar surface area (TPSA) is 64.3 Å². The summed E-state index contributed by atoms with van der Waals surface area (Å²) in [6.07, 6.45) is 0. The highest BCUT2D eigenvalue weighted by Crippen LogP contribution is 2.30. The van der Waals surface area contributed by atoms with Crippen LogP contribution in [0.1, 0.15) is 10.4 Å². The van der Waals surface area contributed by atoms with Crippen LogP contribution < -0.4 is 15.8 Å². The van der Waals surface area contributed by atoms with Crippen molar-refractivity contribution in [2.24, 2.45) is 0 Å². The molecule has 0 bridgehead atoms. The Hall–Kier alpha value is -2.98. The second kappa shape index (κ2) is 7.06. The number of carbonyl (C=O) groups excluding carboxylic acids is 1. The first-order valence-electron chi connectivity index (χ1n) is 7.31. The Morgan fingerprint density at radius 3 is 2.50 bits per heavy atom. The molecule has 0 unspecified atom stereocenters. The maximum atomic E-state index is 12.3. The number of ether oxygens (including phenoxy) is 1. The van der Waals surface area contributed by atoms with Crippen LogP contribution in [0.3, 0.4) is 0 Å². The number of anilines is 2. The summed E-state index contributed by atoms with van der Waals surface area (Å²) < 4.78 is 5.74. The van der Waals surface area contributed by atoms with Crippen LogP contribution in [0.5, 0.6) is 11.5 Å². The zero-order valence-electron chi connectivity index (χ0n) is 12.7. The molecular formula is C19H15ClN2O2. The second-order valence-corrected chi connectivity index (χ2v) is 5.57. The van der Waals surface area contributed by atoms with Gasteiger partial charge < -0.3 is 15.8 Å². The van der Waals surface area contributed by atoms with E-state index in [1.54, 1.807) is 42.5 Å². The zero-order chi connectivity index (χ0) is 16.9. The summed E-state index contributed by atoms with van der Waals surface area (Å²) in [5.74, 6) is 0.792. The molecule has 120 valence electrons. The number of rotatable bonds is 4. The second-order valence-electron chi connectivity index (χ2n) is 5.13. The van der Waals surface area contributed by atoms with Crippen molar-refractivity contribution in [3.05, 3.63) is 83.4 Å². The van der Waals surface area contributed by atoms with E-state index in [4.69, 9.17) is 22.1 Å². The number of nitrogens with two attached hydrogens (primary N) is 1. The molecule has 3 aromatic carbocycles. The third-order valence-electron chi connectivity index (χ3n) is 3.33. The van der Waals surface area contributed by atoms with Crippen LogP contribution in [-0.4, -0.2) is 5.91 Å². The highest BCUT2D eigenvalue weighted by atomic mass is 35.5. The Morgan fingerprint density at radius 2 is 1.75 bits per heavy atom. The molecule has 0 saturated carbocycles. The molecule has 0 heterocycles. The first-order chi connectivity index (χ1) is 11.6. The maximum Gasteiger partial charge on any atom is 0.255 e. The Bertz CT molecular complexity index is 866. The molecule has 0 saturated heterocycles. The monoisotopic (exact) mass is 338 g/mol. The van der Waals surface area contributed by atoms with E-state index in [0.717, 1.165) is 5.69 Å². The molecule has 1 amide bonds. The van der Waals surface area contributed by atoms with Crippen LogP contribution in [0.4, 0.5) is 11.4 Å². The van der Waals surface area contributed by atoms with Gasteiger partial charge in [-0.3, -0.25) is 4.79 Å². The third kappa shape index (κ3) is 3.86. The van der Waals surface area contributed by atoms with Gasteiger partial charge in [0.25, 0.3) is 5.91 Å². The van der Waals surface area contributed by atoms with Gasteiger partial charge in [-0.2, -0.15) is 0 Å². The molecule has 0 aliphatic rings. The van der Waals surface area contributed by atoms with E-state index >= 15 is 0 Å². The fraction of sp³-hybridized carbons (Fsp3) is 0. The van der Waals surface area contributed by atoms with Gasteiger partial charge in [0.2, 0.25) is 0 Å². The molecule has 3 N–H and O–H groups in total. The standard InChI is InChI=1S/C19H15ClN2O2/c20-14-9-10-18(17(21)12-14)24-16-8-4-5-13(11-16)19(23)22-15-6-2-1-3-7-15/h1-12H,21H2,(H,22,23). The molecule has 5 heteroatoms. The van der Waals surface area contributed by atoms with Crippen LogP contribution >= 0.6 is 11.6 Å². The summed E-state index contributed by atoms with van der Waals surface area (Å²) in [6.45, 7) is 0. The van der Waals surface area contributed by atoms with Crippen molar-refractivity contribution in [1.29, 1.82) is 0 Å². The molecule has 0 fully saturated rings. The fourth-order valence-corrected chi connectivity index (χ4v) is 2.35. The van der Waals surface area contributed by atoms with E-state index < -0.39 is 0 Å². The van der Waals surface area contributed by atoms with E-state index in [2.05, 4.69) is 5.32 Å². The molecule has 0 atom stereocenters. The number of carbonyl (C=O) groups is 1. The Labute approximate surface area is 144 Å². The normalized spacial score (nSPS) is 10.2. The lowest BCUT2D eigenvalue weighted by atomic mass is 10.2. The predicted molar refractivity (Wildman–Crippen MR) is 96.8 cm³/mol. The molecular weight excluding hydrogens is 324 g/mol. The van der Waals surface area contributed by atoms with Crippen LogP contribution in [0.15, 0.2) is 72.8 Å². The third-order valence-corrected chi connectivity index (χ3v) is 3.56. The van der Waals surface area contributed by atoms with Crippen molar-refractivity contribution in [2.45, 2.75) is 0 Å². The number of para-hydroxylation sites is 1. The molecule has 4 nitrogen and oxygen atoms in total. The molecule has 0 aliphatic heterocycles. The number of hydrogen-bond donors (Lipinski definition) is 2. The van der Waals surface area contributed by atoms with Gasteiger partial charge >= 0.3 is 0 Å². The molecule has 3 aromatic rings. The molecule has 0 aliphatic carbocycles. The van der Waals surface area contributed by atoms with Gasteiger partial charge in [0.15, 0.2) is 0 Å². The molecule has 0 aromatic heterocycles. The lowest BCUT2D eigenvalue weighted by Crippen LogP contribution is -2.11. The van der Waals surface area contributed by atoms with E-state index in [1.165, 1.54) is 0 Å². The minimum Gasteiger partial charge on any atom is -0.455 e.